The third-order valence-electron chi connectivity index (χ3n) is 2.82. The Morgan fingerprint density at radius 1 is 1.47 bits per heavy atom. The van der Waals surface area contributed by atoms with E-state index in [2.05, 4.69) is 10.3 Å². The summed E-state index contributed by atoms with van der Waals surface area (Å²) in [6.07, 6.45) is 2.01. The molecule has 1 rings (SSSR count). The molecule has 3 N–H and O–H groups in total. The molecule has 0 radical (unpaired) electrons. The van der Waals surface area contributed by atoms with E-state index in [1.807, 2.05) is 0 Å². The van der Waals surface area contributed by atoms with Crippen molar-refractivity contribution in [2.45, 2.75) is 25.8 Å². The number of rotatable bonds is 5. The Morgan fingerprint density at radius 2 is 2.12 bits per heavy atom. The molecule has 0 aliphatic heterocycles. The lowest BCUT2D eigenvalue weighted by Gasteiger charge is -2.29. The lowest BCUT2D eigenvalue weighted by Crippen LogP contribution is -2.53. The lowest BCUT2D eigenvalue weighted by atomic mass is 9.98. The summed E-state index contributed by atoms with van der Waals surface area (Å²) in [6, 6.07) is 3.25. The maximum Gasteiger partial charge on any atom is 0.251 e. The molecule has 0 atom stereocenters. The highest BCUT2D eigenvalue weighted by atomic mass is 16.3. The van der Waals surface area contributed by atoms with Gasteiger partial charge in [0.1, 0.15) is 0 Å². The fraction of sp³-hybridized carbons (Fsp3) is 0.500. The third-order valence-corrected chi connectivity index (χ3v) is 2.82. The molecule has 0 unspecified atom stereocenters. The van der Waals surface area contributed by atoms with Gasteiger partial charge in [-0.1, -0.05) is 6.92 Å². The van der Waals surface area contributed by atoms with E-state index in [9.17, 15) is 15.0 Å². The molecule has 0 aliphatic carbocycles. The zero-order valence-electron chi connectivity index (χ0n) is 10.1. The van der Waals surface area contributed by atoms with Gasteiger partial charge in [-0.05, 0) is 25.5 Å². The number of aromatic nitrogens is 1. The zero-order valence-corrected chi connectivity index (χ0v) is 10.1. The molecule has 1 aromatic rings. The van der Waals surface area contributed by atoms with Crippen molar-refractivity contribution >= 4 is 5.91 Å². The smallest absolute Gasteiger partial charge is 0.251 e. The summed E-state index contributed by atoms with van der Waals surface area (Å²) in [6.45, 7) is 3.00. The van der Waals surface area contributed by atoms with E-state index >= 15 is 0 Å². The van der Waals surface area contributed by atoms with E-state index in [4.69, 9.17) is 0 Å². The quantitative estimate of drug-likeness (QED) is 0.687. The fourth-order valence-corrected chi connectivity index (χ4v) is 1.44. The average molecular weight is 238 g/mol. The molecular formula is C12H18N2O3. The van der Waals surface area contributed by atoms with Crippen LogP contribution in [0.4, 0.5) is 0 Å². The van der Waals surface area contributed by atoms with Crippen LogP contribution in [0.3, 0.4) is 0 Å². The second-order valence-corrected chi connectivity index (χ2v) is 4.09. The number of hydrogen-bond acceptors (Lipinski definition) is 4. The maximum absolute atomic E-state index is 11.9. The number of nitrogens with zero attached hydrogens (tertiary/aromatic N) is 1. The minimum Gasteiger partial charge on any atom is -0.394 e. The van der Waals surface area contributed by atoms with Crippen LogP contribution < -0.4 is 5.32 Å². The van der Waals surface area contributed by atoms with Crippen LogP contribution in [0, 0.1) is 6.92 Å². The first kappa shape index (κ1) is 13.6. The van der Waals surface area contributed by atoms with Crippen LogP contribution in [0.2, 0.25) is 0 Å². The van der Waals surface area contributed by atoms with Crippen molar-refractivity contribution in [2.75, 3.05) is 13.2 Å². The SMILES string of the molecule is CCC(CO)(CO)NC(=O)c1ccnc(C)c1. The van der Waals surface area contributed by atoms with E-state index < -0.39 is 5.54 Å². The van der Waals surface area contributed by atoms with Gasteiger partial charge in [0, 0.05) is 17.5 Å². The number of nitrogens with one attached hydrogen (secondary N) is 1. The van der Waals surface area contributed by atoms with Gasteiger partial charge in [-0.2, -0.15) is 0 Å². The van der Waals surface area contributed by atoms with Gasteiger partial charge in [-0.25, -0.2) is 0 Å². The molecule has 0 fully saturated rings. The predicted octanol–water partition coefficient (Wildman–Crippen LogP) is 0.253. The molecular weight excluding hydrogens is 220 g/mol. The number of hydrogen-bond donors (Lipinski definition) is 3. The first-order valence-electron chi connectivity index (χ1n) is 5.54. The van der Waals surface area contributed by atoms with Crippen LogP contribution in [-0.4, -0.2) is 39.9 Å². The summed E-state index contributed by atoms with van der Waals surface area (Å²) in [5, 5.41) is 21.1. The van der Waals surface area contributed by atoms with Crippen LogP contribution >= 0.6 is 0 Å². The van der Waals surface area contributed by atoms with Crippen LogP contribution in [0.25, 0.3) is 0 Å². The highest BCUT2D eigenvalue weighted by Gasteiger charge is 2.28. The minimum atomic E-state index is -0.964. The van der Waals surface area contributed by atoms with Crippen molar-refractivity contribution in [3.63, 3.8) is 0 Å². The summed E-state index contributed by atoms with van der Waals surface area (Å²) in [5.41, 5.74) is 0.249. The van der Waals surface area contributed by atoms with Crippen molar-refractivity contribution in [3.8, 4) is 0 Å². The summed E-state index contributed by atoms with van der Waals surface area (Å²) in [4.78, 5) is 15.9. The van der Waals surface area contributed by atoms with Crippen molar-refractivity contribution < 1.29 is 15.0 Å². The number of carbonyl (C=O) groups is 1. The summed E-state index contributed by atoms with van der Waals surface area (Å²) in [7, 11) is 0. The molecule has 94 valence electrons. The van der Waals surface area contributed by atoms with Crippen LogP contribution in [0.1, 0.15) is 29.4 Å². The molecule has 5 heteroatoms. The summed E-state index contributed by atoms with van der Waals surface area (Å²) >= 11 is 0. The number of carbonyl (C=O) groups excluding carboxylic acids is 1. The number of aryl methyl sites for hydroxylation is 1. The molecule has 0 saturated carbocycles. The fourth-order valence-electron chi connectivity index (χ4n) is 1.44. The van der Waals surface area contributed by atoms with E-state index in [1.54, 1.807) is 32.2 Å². The normalized spacial score (nSPS) is 11.3. The lowest BCUT2D eigenvalue weighted by molar-refractivity contribution is 0.0653. The molecule has 0 saturated heterocycles. The highest BCUT2D eigenvalue weighted by Crippen LogP contribution is 2.10. The molecule has 0 aliphatic rings. The second-order valence-electron chi connectivity index (χ2n) is 4.09. The Bertz CT molecular complexity index is 381. The van der Waals surface area contributed by atoms with E-state index in [0.717, 1.165) is 5.69 Å². The van der Waals surface area contributed by atoms with Gasteiger partial charge < -0.3 is 15.5 Å². The Kier molecular flexibility index (Phi) is 4.60. The van der Waals surface area contributed by atoms with Crippen molar-refractivity contribution in [2.24, 2.45) is 0 Å². The Labute approximate surface area is 101 Å². The largest absolute Gasteiger partial charge is 0.394 e. The zero-order chi connectivity index (χ0) is 12.9. The van der Waals surface area contributed by atoms with Crippen LogP contribution in [-0.2, 0) is 0 Å². The number of amides is 1. The molecule has 1 aromatic heterocycles. The molecule has 0 aromatic carbocycles. The van der Waals surface area contributed by atoms with E-state index in [0.29, 0.717) is 12.0 Å². The Morgan fingerprint density at radius 3 is 2.59 bits per heavy atom. The highest BCUT2D eigenvalue weighted by molar-refractivity contribution is 5.94. The first-order chi connectivity index (χ1) is 8.06. The molecule has 0 bridgehead atoms. The Balaban J connectivity index is 2.84. The Hall–Kier alpha value is -1.46. The third kappa shape index (κ3) is 3.25. The van der Waals surface area contributed by atoms with Crippen LogP contribution in [0.5, 0.6) is 0 Å². The minimum absolute atomic E-state index is 0.296. The molecule has 1 heterocycles. The second kappa shape index (κ2) is 5.75. The van der Waals surface area contributed by atoms with Gasteiger partial charge >= 0.3 is 0 Å². The number of pyridine rings is 1. The first-order valence-corrected chi connectivity index (χ1v) is 5.54. The standard InChI is InChI=1S/C12H18N2O3/c1-3-12(7-15,8-16)14-11(17)10-4-5-13-9(2)6-10/h4-6,15-16H,3,7-8H2,1-2H3,(H,14,17). The summed E-state index contributed by atoms with van der Waals surface area (Å²) < 4.78 is 0. The van der Waals surface area contributed by atoms with Crippen molar-refractivity contribution in [3.05, 3.63) is 29.6 Å². The number of aliphatic hydroxyl groups is 2. The van der Waals surface area contributed by atoms with Gasteiger partial charge in [0.2, 0.25) is 0 Å². The molecule has 1 amide bonds. The van der Waals surface area contributed by atoms with Crippen LogP contribution in [0.15, 0.2) is 18.3 Å². The number of aliphatic hydroxyl groups excluding tert-OH is 2. The van der Waals surface area contributed by atoms with Gasteiger partial charge in [-0.3, -0.25) is 9.78 Å². The maximum atomic E-state index is 11.9. The van der Waals surface area contributed by atoms with E-state index in [1.165, 1.54) is 0 Å². The molecule has 0 spiro atoms. The molecule has 5 nitrogen and oxygen atoms in total. The van der Waals surface area contributed by atoms with Gasteiger partial charge in [0.25, 0.3) is 5.91 Å². The van der Waals surface area contributed by atoms with E-state index in [-0.39, 0.29) is 19.1 Å². The molecule has 17 heavy (non-hydrogen) atoms. The topological polar surface area (TPSA) is 82.5 Å². The summed E-state index contributed by atoms with van der Waals surface area (Å²) in [5.74, 6) is -0.319. The van der Waals surface area contributed by atoms with Crippen molar-refractivity contribution in [1.82, 2.24) is 10.3 Å². The van der Waals surface area contributed by atoms with Gasteiger partial charge in [0.15, 0.2) is 0 Å². The monoisotopic (exact) mass is 238 g/mol. The average Bonchev–Trinajstić information content (AvgIpc) is 2.36. The predicted molar refractivity (Wildman–Crippen MR) is 63.6 cm³/mol. The van der Waals surface area contributed by atoms with Gasteiger partial charge in [0.05, 0.1) is 18.8 Å². The van der Waals surface area contributed by atoms with Crippen molar-refractivity contribution in [1.29, 1.82) is 0 Å². The van der Waals surface area contributed by atoms with Gasteiger partial charge in [-0.15, -0.1) is 0 Å².